The van der Waals surface area contributed by atoms with E-state index < -0.39 is 0 Å². The van der Waals surface area contributed by atoms with E-state index in [-0.39, 0.29) is 17.5 Å². The van der Waals surface area contributed by atoms with Crippen molar-refractivity contribution in [1.82, 2.24) is 10.3 Å². The zero-order valence-corrected chi connectivity index (χ0v) is 8.86. The predicted octanol–water partition coefficient (Wildman–Crippen LogP) is 0.284. The van der Waals surface area contributed by atoms with E-state index in [4.69, 9.17) is 4.74 Å². The van der Waals surface area contributed by atoms with Crippen molar-refractivity contribution in [3.63, 3.8) is 0 Å². The Balaban J connectivity index is 1.96. The molecule has 1 aromatic rings. The summed E-state index contributed by atoms with van der Waals surface area (Å²) in [4.78, 5) is 25.1. The van der Waals surface area contributed by atoms with Crippen LogP contribution in [0.15, 0.2) is 23.1 Å². The normalized spacial score (nSPS) is 17.0. The van der Waals surface area contributed by atoms with Crippen LogP contribution in [-0.4, -0.2) is 30.1 Å². The van der Waals surface area contributed by atoms with Crippen molar-refractivity contribution in [2.45, 2.75) is 18.9 Å². The molecule has 2 heterocycles. The monoisotopic (exact) mass is 222 g/mol. The minimum atomic E-state index is -0.206. The van der Waals surface area contributed by atoms with Crippen LogP contribution in [0.4, 0.5) is 0 Å². The summed E-state index contributed by atoms with van der Waals surface area (Å²) in [5, 5.41) is 2.91. The van der Waals surface area contributed by atoms with Crippen LogP contribution in [0.5, 0.6) is 0 Å². The third-order valence-electron chi connectivity index (χ3n) is 2.60. The number of nitrogens with one attached hydrogen (secondary N) is 2. The highest BCUT2D eigenvalue weighted by Gasteiger charge is 2.16. The van der Waals surface area contributed by atoms with E-state index in [9.17, 15) is 9.59 Å². The van der Waals surface area contributed by atoms with Gasteiger partial charge in [0.2, 0.25) is 5.56 Å². The molecular weight excluding hydrogens is 208 g/mol. The van der Waals surface area contributed by atoms with Crippen LogP contribution in [0.2, 0.25) is 0 Å². The Morgan fingerprint density at radius 2 is 2.12 bits per heavy atom. The average molecular weight is 222 g/mol. The van der Waals surface area contributed by atoms with E-state index >= 15 is 0 Å². The molecule has 0 radical (unpaired) electrons. The zero-order chi connectivity index (χ0) is 11.4. The molecule has 1 aliphatic heterocycles. The molecule has 0 bridgehead atoms. The van der Waals surface area contributed by atoms with Crippen molar-refractivity contribution in [3.8, 4) is 0 Å². The van der Waals surface area contributed by atoms with E-state index in [0.717, 1.165) is 12.8 Å². The van der Waals surface area contributed by atoms with Gasteiger partial charge in [-0.25, -0.2) is 0 Å². The summed E-state index contributed by atoms with van der Waals surface area (Å²) in [5.41, 5.74) is 0.272. The molecule has 16 heavy (non-hydrogen) atoms. The second kappa shape index (κ2) is 4.94. The highest BCUT2D eigenvalue weighted by molar-refractivity contribution is 5.93. The standard InChI is InChI=1S/C11H14N2O3/c14-10-2-1-8(7-12-10)11(15)13-9-3-5-16-6-4-9/h1-2,7,9H,3-6H2,(H,12,14)(H,13,15). The van der Waals surface area contributed by atoms with Crippen molar-refractivity contribution < 1.29 is 9.53 Å². The van der Waals surface area contributed by atoms with Crippen molar-refractivity contribution in [2.24, 2.45) is 0 Å². The van der Waals surface area contributed by atoms with Crippen molar-refractivity contribution >= 4 is 5.91 Å². The molecule has 0 atom stereocenters. The van der Waals surface area contributed by atoms with Crippen LogP contribution in [0.25, 0.3) is 0 Å². The van der Waals surface area contributed by atoms with E-state index in [2.05, 4.69) is 10.3 Å². The topological polar surface area (TPSA) is 71.2 Å². The lowest BCUT2D eigenvalue weighted by molar-refractivity contribution is 0.0696. The first-order valence-corrected chi connectivity index (χ1v) is 5.33. The first-order chi connectivity index (χ1) is 7.75. The minimum absolute atomic E-state index is 0.150. The van der Waals surface area contributed by atoms with E-state index in [1.807, 2.05) is 0 Å². The molecule has 0 saturated carbocycles. The van der Waals surface area contributed by atoms with E-state index in [1.165, 1.54) is 18.3 Å². The molecule has 1 fully saturated rings. The third-order valence-corrected chi connectivity index (χ3v) is 2.60. The maximum Gasteiger partial charge on any atom is 0.252 e. The Bertz CT molecular complexity index is 401. The van der Waals surface area contributed by atoms with Crippen molar-refractivity contribution in [3.05, 3.63) is 34.2 Å². The highest BCUT2D eigenvalue weighted by atomic mass is 16.5. The molecule has 0 aliphatic carbocycles. The zero-order valence-electron chi connectivity index (χ0n) is 8.86. The van der Waals surface area contributed by atoms with E-state index in [1.54, 1.807) is 0 Å². The molecular formula is C11H14N2O3. The number of carbonyl (C=O) groups excluding carboxylic acids is 1. The van der Waals surface area contributed by atoms with E-state index in [0.29, 0.717) is 18.8 Å². The van der Waals surface area contributed by atoms with Gasteiger partial charge in [0.05, 0.1) is 5.56 Å². The van der Waals surface area contributed by atoms with Crippen LogP contribution >= 0.6 is 0 Å². The molecule has 5 heteroatoms. The second-order valence-corrected chi connectivity index (χ2v) is 3.80. The number of aromatic nitrogens is 1. The molecule has 5 nitrogen and oxygen atoms in total. The highest BCUT2D eigenvalue weighted by Crippen LogP contribution is 2.07. The Morgan fingerprint density at radius 1 is 1.38 bits per heavy atom. The summed E-state index contributed by atoms with van der Waals surface area (Å²) in [6.45, 7) is 1.38. The lowest BCUT2D eigenvalue weighted by Gasteiger charge is -2.22. The summed E-state index contributed by atoms with van der Waals surface area (Å²) >= 11 is 0. The number of hydrogen-bond acceptors (Lipinski definition) is 3. The van der Waals surface area contributed by atoms with Crippen LogP contribution < -0.4 is 10.9 Å². The summed E-state index contributed by atoms with van der Waals surface area (Å²) in [7, 11) is 0. The van der Waals surface area contributed by atoms with Gasteiger partial charge in [-0.15, -0.1) is 0 Å². The third kappa shape index (κ3) is 2.70. The molecule has 0 unspecified atom stereocenters. The fraction of sp³-hybridized carbons (Fsp3) is 0.455. The van der Waals surface area contributed by atoms with Gasteiger partial charge in [0, 0.05) is 31.5 Å². The Labute approximate surface area is 92.8 Å². The van der Waals surface area contributed by atoms with Crippen LogP contribution in [0, 0.1) is 0 Å². The van der Waals surface area contributed by atoms with Gasteiger partial charge in [0.1, 0.15) is 0 Å². The Morgan fingerprint density at radius 3 is 2.75 bits per heavy atom. The number of hydrogen-bond donors (Lipinski definition) is 2. The number of amides is 1. The molecule has 0 spiro atoms. The second-order valence-electron chi connectivity index (χ2n) is 3.80. The van der Waals surface area contributed by atoms with Gasteiger partial charge in [-0.05, 0) is 18.9 Å². The lowest BCUT2D eigenvalue weighted by atomic mass is 10.1. The molecule has 86 valence electrons. The van der Waals surface area contributed by atoms with Gasteiger partial charge in [0.25, 0.3) is 5.91 Å². The minimum Gasteiger partial charge on any atom is -0.381 e. The molecule has 1 aliphatic rings. The van der Waals surface area contributed by atoms with Crippen LogP contribution in [0.1, 0.15) is 23.2 Å². The summed E-state index contributed by atoms with van der Waals surface area (Å²) < 4.78 is 5.20. The predicted molar refractivity (Wildman–Crippen MR) is 58.4 cm³/mol. The van der Waals surface area contributed by atoms with Gasteiger partial charge in [-0.3, -0.25) is 9.59 Å². The number of pyridine rings is 1. The lowest BCUT2D eigenvalue weighted by Crippen LogP contribution is -2.39. The maximum atomic E-state index is 11.8. The summed E-state index contributed by atoms with van der Waals surface area (Å²) in [5.74, 6) is -0.150. The molecule has 1 amide bonds. The summed E-state index contributed by atoms with van der Waals surface area (Å²) in [6.07, 6.45) is 3.11. The molecule has 2 rings (SSSR count). The summed E-state index contributed by atoms with van der Waals surface area (Å²) in [6, 6.07) is 3.04. The number of aromatic amines is 1. The van der Waals surface area contributed by atoms with Crippen LogP contribution in [-0.2, 0) is 4.74 Å². The van der Waals surface area contributed by atoms with Gasteiger partial charge < -0.3 is 15.0 Å². The van der Waals surface area contributed by atoms with Crippen LogP contribution in [0.3, 0.4) is 0 Å². The quantitative estimate of drug-likeness (QED) is 0.755. The first kappa shape index (κ1) is 10.9. The van der Waals surface area contributed by atoms with Gasteiger partial charge in [0.15, 0.2) is 0 Å². The molecule has 1 aromatic heterocycles. The Hall–Kier alpha value is -1.62. The average Bonchev–Trinajstić information content (AvgIpc) is 2.31. The fourth-order valence-electron chi connectivity index (χ4n) is 1.66. The fourth-order valence-corrected chi connectivity index (χ4v) is 1.66. The molecule has 1 saturated heterocycles. The molecule has 0 aromatic carbocycles. The number of H-pyrrole nitrogens is 1. The number of ether oxygens (including phenoxy) is 1. The van der Waals surface area contributed by atoms with Gasteiger partial charge in [-0.2, -0.15) is 0 Å². The smallest absolute Gasteiger partial charge is 0.252 e. The van der Waals surface area contributed by atoms with Gasteiger partial charge in [-0.1, -0.05) is 0 Å². The first-order valence-electron chi connectivity index (χ1n) is 5.33. The number of rotatable bonds is 2. The Kier molecular flexibility index (Phi) is 3.36. The molecule has 2 N–H and O–H groups in total. The van der Waals surface area contributed by atoms with Gasteiger partial charge >= 0.3 is 0 Å². The largest absolute Gasteiger partial charge is 0.381 e. The maximum absolute atomic E-state index is 11.8. The number of carbonyl (C=O) groups is 1. The van der Waals surface area contributed by atoms with Crippen molar-refractivity contribution in [2.75, 3.05) is 13.2 Å². The SMILES string of the molecule is O=C(NC1CCOCC1)c1ccc(=O)[nH]c1. The van der Waals surface area contributed by atoms with Crippen molar-refractivity contribution in [1.29, 1.82) is 0 Å².